The van der Waals surface area contributed by atoms with Crippen molar-refractivity contribution in [3.63, 3.8) is 0 Å². The fourth-order valence-corrected chi connectivity index (χ4v) is 2.92. The first-order chi connectivity index (χ1) is 12.9. The van der Waals surface area contributed by atoms with Crippen LogP contribution in [0.15, 0.2) is 48.5 Å². The molecule has 4 amide bonds. The fraction of sp³-hybridized carbons (Fsp3) is 0.250. The van der Waals surface area contributed by atoms with Crippen LogP contribution in [0.5, 0.6) is 5.75 Å². The Morgan fingerprint density at radius 2 is 1.74 bits per heavy atom. The summed E-state index contributed by atoms with van der Waals surface area (Å²) in [7, 11) is 1.55. The van der Waals surface area contributed by atoms with Crippen LogP contribution >= 0.6 is 0 Å². The van der Waals surface area contributed by atoms with Gasteiger partial charge in [0.2, 0.25) is 0 Å². The van der Waals surface area contributed by atoms with Gasteiger partial charge in [0.1, 0.15) is 11.3 Å². The summed E-state index contributed by atoms with van der Waals surface area (Å²) in [6.07, 6.45) is 0.856. The zero-order chi connectivity index (χ0) is 19.6. The van der Waals surface area contributed by atoms with E-state index in [0.717, 1.165) is 17.0 Å². The fourth-order valence-electron chi connectivity index (χ4n) is 2.92. The van der Waals surface area contributed by atoms with Crippen LogP contribution in [-0.2, 0) is 16.8 Å². The highest BCUT2D eigenvalue weighted by molar-refractivity contribution is 6.09. The van der Waals surface area contributed by atoms with Gasteiger partial charge in [0, 0.05) is 5.56 Å². The number of hydrazine groups is 1. The Balaban J connectivity index is 1.79. The van der Waals surface area contributed by atoms with Gasteiger partial charge in [0.15, 0.2) is 0 Å². The van der Waals surface area contributed by atoms with Crippen LogP contribution in [-0.4, -0.2) is 30.0 Å². The van der Waals surface area contributed by atoms with Crippen LogP contribution in [0.2, 0.25) is 0 Å². The van der Waals surface area contributed by atoms with E-state index in [1.54, 1.807) is 50.4 Å². The molecule has 1 fully saturated rings. The topological polar surface area (TPSA) is 87.7 Å². The maximum atomic E-state index is 12.9. The Morgan fingerprint density at radius 1 is 1.11 bits per heavy atom. The van der Waals surface area contributed by atoms with Crippen molar-refractivity contribution in [2.75, 3.05) is 7.11 Å². The number of hydrogen-bond donors (Lipinski definition) is 2. The molecule has 0 aliphatic carbocycles. The molecule has 0 radical (unpaired) electrons. The van der Waals surface area contributed by atoms with Gasteiger partial charge >= 0.3 is 6.03 Å². The van der Waals surface area contributed by atoms with Crippen LogP contribution < -0.4 is 15.5 Å². The minimum Gasteiger partial charge on any atom is -0.497 e. The number of nitrogens with zero attached hydrogens (tertiary/aromatic N) is 1. The molecule has 2 aromatic carbocycles. The Morgan fingerprint density at radius 3 is 2.30 bits per heavy atom. The van der Waals surface area contributed by atoms with Gasteiger partial charge < -0.3 is 10.1 Å². The van der Waals surface area contributed by atoms with E-state index >= 15 is 0 Å². The molecule has 0 bridgehead atoms. The second-order valence-corrected chi connectivity index (χ2v) is 6.42. The Hall–Kier alpha value is -3.35. The molecule has 7 heteroatoms. The lowest BCUT2D eigenvalue weighted by molar-refractivity contribution is -0.132. The number of carbonyl (C=O) groups is 3. The molecule has 0 unspecified atom stereocenters. The summed E-state index contributed by atoms with van der Waals surface area (Å²) in [4.78, 5) is 37.6. The Kier molecular flexibility index (Phi) is 4.85. The number of rotatable bonds is 5. The van der Waals surface area contributed by atoms with Crippen molar-refractivity contribution >= 4 is 17.8 Å². The predicted octanol–water partition coefficient (Wildman–Crippen LogP) is 2.37. The number of ether oxygens (including phenoxy) is 1. The van der Waals surface area contributed by atoms with Gasteiger partial charge in [-0.05, 0) is 48.7 Å². The van der Waals surface area contributed by atoms with Gasteiger partial charge in [0.25, 0.3) is 11.8 Å². The number of imide groups is 1. The smallest absolute Gasteiger partial charge is 0.344 e. The first-order valence-corrected chi connectivity index (χ1v) is 8.60. The molecule has 1 heterocycles. The molecule has 3 rings (SSSR count). The lowest BCUT2D eigenvalue weighted by atomic mass is 9.92. The lowest BCUT2D eigenvalue weighted by Crippen LogP contribution is -2.47. The van der Waals surface area contributed by atoms with Crippen LogP contribution in [0, 0.1) is 0 Å². The molecule has 7 nitrogen and oxygen atoms in total. The average Bonchev–Trinajstić information content (AvgIpc) is 2.92. The van der Waals surface area contributed by atoms with E-state index in [2.05, 4.69) is 10.7 Å². The number of methoxy groups -OCH3 is 1. The molecule has 2 N–H and O–H groups in total. The summed E-state index contributed by atoms with van der Waals surface area (Å²) < 4.78 is 5.11. The molecule has 0 saturated carbocycles. The molecule has 0 spiro atoms. The highest BCUT2D eigenvalue weighted by atomic mass is 16.5. The van der Waals surface area contributed by atoms with Crippen molar-refractivity contribution in [2.24, 2.45) is 0 Å². The SMILES string of the molecule is CCc1ccc(C(=O)NN2C(=O)N[C@@](C)(c3ccc(OC)cc3)C2=O)cc1. The standard InChI is InChI=1S/C20H21N3O4/c1-4-13-5-7-14(8-6-13)17(24)22-23-18(25)20(2,21-19(23)26)15-9-11-16(27-3)12-10-15/h5-12H,4H2,1-3H3,(H,21,26)(H,22,24)/t20-/m0/s1. The van der Waals surface area contributed by atoms with Crippen molar-refractivity contribution < 1.29 is 19.1 Å². The number of carbonyl (C=O) groups excluding carboxylic acids is 3. The lowest BCUT2D eigenvalue weighted by Gasteiger charge is -2.22. The zero-order valence-corrected chi connectivity index (χ0v) is 15.4. The third kappa shape index (κ3) is 3.36. The van der Waals surface area contributed by atoms with Gasteiger partial charge in [-0.25, -0.2) is 4.79 Å². The van der Waals surface area contributed by atoms with Gasteiger partial charge in [-0.3, -0.25) is 15.0 Å². The third-order valence-electron chi connectivity index (χ3n) is 4.70. The highest BCUT2D eigenvalue weighted by Gasteiger charge is 2.50. The van der Waals surface area contributed by atoms with Crippen molar-refractivity contribution in [3.8, 4) is 5.75 Å². The highest BCUT2D eigenvalue weighted by Crippen LogP contribution is 2.29. The molecule has 2 aromatic rings. The summed E-state index contributed by atoms with van der Waals surface area (Å²) in [5, 5.41) is 3.36. The Labute approximate surface area is 157 Å². The molecule has 1 aliphatic heterocycles. The van der Waals surface area contributed by atoms with E-state index in [1.807, 2.05) is 19.1 Å². The number of urea groups is 1. The van der Waals surface area contributed by atoms with Crippen molar-refractivity contribution in [2.45, 2.75) is 25.8 Å². The molecular weight excluding hydrogens is 346 g/mol. The average molecular weight is 367 g/mol. The van der Waals surface area contributed by atoms with Crippen LogP contribution in [0.4, 0.5) is 4.79 Å². The summed E-state index contributed by atoms with van der Waals surface area (Å²) in [5.74, 6) is -0.448. The van der Waals surface area contributed by atoms with E-state index in [9.17, 15) is 14.4 Å². The third-order valence-corrected chi connectivity index (χ3v) is 4.70. The first kappa shape index (κ1) is 18.4. The molecule has 1 atom stereocenters. The predicted molar refractivity (Wildman–Crippen MR) is 99.0 cm³/mol. The number of hydrogen-bond acceptors (Lipinski definition) is 4. The molecule has 1 saturated heterocycles. The monoisotopic (exact) mass is 367 g/mol. The minimum atomic E-state index is -1.28. The molecule has 1 aliphatic rings. The molecule has 140 valence electrons. The summed E-state index contributed by atoms with van der Waals surface area (Å²) in [6.45, 7) is 3.61. The summed E-state index contributed by atoms with van der Waals surface area (Å²) in [6, 6.07) is 13.1. The van der Waals surface area contributed by atoms with Gasteiger partial charge in [-0.1, -0.05) is 31.2 Å². The van der Waals surface area contributed by atoms with Gasteiger partial charge in [0.05, 0.1) is 7.11 Å². The number of benzene rings is 2. The molecule has 0 aromatic heterocycles. The van der Waals surface area contributed by atoms with E-state index in [1.165, 1.54) is 0 Å². The van der Waals surface area contributed by atoms with E-state index in [4.69, 9.17) is 4.74 Å². The van der Waals surface area contributed by atoms with Crippen molar-refractivity contribution in [1.29, 1.82) is 0 Å². The van der Waals surface area contributed by atoms with E-state index < -0.39 is 23.4 Å². The largest absolute Gasteiger partial charge is 0.497 e. The van der Waals surface area contributed by atoms with E-state index in [0.29, 0.717) is 16.9 Å². The van der Waals surface area contributed by atoms with Crippen molar-refractivity contribution in [1.82, 2.24) is 15.8 Å². The Bertz CT molecular complexity index is 877. The summed E-state index contributed by atoms with van der Waals surface area (Å²) >= 11 is 0. The van der Waals surface area contributed by atoms with Crippen molar-refractivity contribution in [3.05, 3.63) is 65.2 Å². The minimum absolute atomic E-state index is 0.367. The first-order valence-electron chi connectivity index (χ1n) is 8.60. The molecular formula is C20H21N3O4. The summed E-state index contributed by atoms with van der Waals surface area (Å²) in [5.41, 5.74) is 3.16. The van der Waals surface area contributed by atoms with Crippen LogP contribution in [0.1, 0.15) is 35.3 Å². The normalized spacial score (nSPS) is 19.0. The van der Waals surface area contributed by atoms with Gasteiger partial charge in [-0.15, -0.1) is 0 Å². The zero-order valence-electron chi connectivity index (χ0n) is 15.4. The number of aryl methyl sites for hydroxylation is 1. The van der Waals surface area contributed by atoms with E-state index in [-0.39, 0.29) is 0 Å². The number of amides is 4. The van der Waals surface area contributed by atoms with Crippen LogP contribution in [0.25, 0.3) is 0 Å². The van der Waals surface area contributed by atoms with Crippen LogP contribution in [0.3, 0.4) is 0 Å². The maximum absolute atomic E-state index is 12.9. The van der Waals surface area contributed by atoms with Gasteiger partial charge in [-0.2, -0.15) is 5.01 Å². The maximum Gasteiger partial charge on any atom is 0.344 e. The second kappa shape index (κ2) is 7.11. The quantitative estimate of drug-likeness (QED) is 0.794. The molecule has 27 heavy (non-hydrogen) atoms. The number of nitrogens with one attached hydrogen (secondary N) is 2. The second-order valence-electron chi connectivity index (χ2n) is 6.42.